The Balaban J connectivity index is 0.00000288. The van der Waals surface area contributed by atoms with Crippen molar-refractivity contribution in [1.29, 1.82) is 0 Å². The van der Waals surface area contributed by atoms with E-state index in [9.17, 15) is 18.3 Å². The Morgan fingerprint density at radius 3 is 2.29 bits per heavy atom. The first kappa shape index (κ1) is 20.6. The van der Waals surface area contributed by atoms with Crippen LogP contribution in [0.4, 0.5) is 13.2 Å². The van der Waals surface area contributed by atoms with E-state index < -0.39 is 24.3 Å². The second kappa shape index (κ2) is 8.58. The standard InChI is InChI=1S/C16H15ClF3NO2.ClH/c17-12-9-11(6-7-14(12)23-16(18,19)20)15(21)13(22)8-10-4-2-1-3-5-10;/h1-7,9,13,15,22H,8,21H2;1H/t13-,15+;/m0./s1. The third kappa shape index (κ3) is 5.87. The molecule has 0 spiro atoms. The quantitative estimate of drug-likeness (QED) is 0.813. The maximum Gasteiger partial charge on any atom is 0.573 e. The normalized spacial score (nSPS) is 13.8. The van der Waals surface area contributed by atoms with Gasteiger partial charge in [0.05, 0.1) is 17.2 Å². The van der Waals surface area contributed by atoms with Crippen LogP contribution >= 0.6 is 24.0 Å². The maximum atomic E-state index is 12.2. The summed E-state index contributed by atoms with van der Waals surface area (Å²) in [6, 6.07) is 12.2. The minimum Gasteiger partial charge on any atom is -0.404 e. The second-order valence-electron chi connectivity index (χ2n) is 5.02. The van der Waals surface area contributed by atoms with Crippen molar-refractivity contribution in [2.45, 2.75) is 24.9 Å². The first-order valence-corrected chi connectivity index (χ1v) is 7.17. The number of hydrogen-bond donors (Lipinski definition) is 2. The van der Waals surface area contributed by atoms with Gasteiger partial charge in [0.15, 0.2) is 0 Å². The van der Waals surface area contributed by atoms with Gasteiger partial charge in [-0.15, -0.1) is 25.6 Å². The molecule has 0 aliphatic rings. The van der Waals surface area contributed by atoms with Gasteiger partial charge in [-0.25, -0.2) is 0 Å². The van der Waals surface area contributed by atoms with Gasteiger partial charge in [0.25, 0.3) is 0 Å². The summed E-state index contributed by atoms with van der Waals surface area (Å²) < 4.78 is 40.4. The van der Waals surface area contributed by atoms with Crippen LogP contribution in [0.25, 0.3) is 0 Å². The molecule has 2 aromatic carbocycles. The minimum atomic E-state index is -4.82. The fraction of sp³-hybridized carbons (Fsp3) is 0.250. The highest BCUT2D eigenvalue weighted by Gasteiger charge is 2.32. The van der Waals surface area contributed by atoms with Crippen LogP contribution in [0.5, 0.6) is 5.75 Å². The lowest BCUT2D eigenvalue weighted by Gasteiger charge is -2.20. The first-order valence-electron chi connectivity index (χ1n) is 6.79. The summed E-state index contributed by atoms with van der Waals surface area (Å²) >= 11 is 5.78. The molecule has 3 nitrogen and oxygen atoms in total. The number of alkyl halides is 3. The highest BCUT2D eigenvalue weighted by atomic mass is 35.5. The largest absolute Gasteiger partial charge is 0.573 e. The number of nitrogens with two attached hydrogens (primary N) is 1. The van der Waals surface area contributed by atoms with E-state index in [0.29, 0.717) is 12.0 Å². The zero-order chi connectivity index (χ0) is 17.0. The van der Waals surface area contributed by atoms with Crippen LogP contribution in [-0.2, 0) is 6.42 Å². The first-order chi connectivity index (χ1) is 10.8. The Hall–Kier alpha value is -1.47. The molecule has 3 N–H and O–H groups in total. The molecule has 0 bridgehead atoms. The predicted molar refractivity (Wildman–Crippen MR) is 88.5 cm³/mol. The highest BCUT2D eigenvalue weighted by Crippen LogP contribution is 2.32. The monoisotopic (exact) mass is 381 g/mol. The number of aliphatic hydroxyl groups is 1. The molecule has 0 amide bonds. The summed E-state index contributed by atoms with van der Waals surface area (Å²) in [6.07, 6.45) is -5.40. The Kier molecular flexibility index (Phi) is 7.35. The van der Waals surface area contributed by atoms with Gasteiger partial charge in [-0.05, 0) is 23.3 Å². The lowest BCUT2D eigenvalue weighted by atomic mass is 9.97. The molecule has 0 aliphatic heterocycles. The van der Waals surface area contributed by atoms with Crippen molar-refractivity contribution in [3.8, 4) is 5.75 Å². The van der Waals surface area contributed by atoms with Crippen molar-refractivity contribution in [3.63, 3.8) is 0 Å². The van der Waals surface area contributed by atoms with Crippen molar-refractivity contribution in [2.75, 3.05) is 0 Å². The number of ether oxygens (including phenoxy) is 1. The third-order valence-electron chi connectivity index (χ3n) is 3.27. The number of benzene rings is 2. The summed E-state index contributed by atoms with van der Waals surface area (Å²) in [7, 11) is 0. The molecule has 0 unspecified atom stereocenters. The Morgan fingerprint density at radius 2 is 1.75 bits per heavy atom. The van der Waals surface area contributed by atoms with Crippen molar-refractivity contribution in [3.05, 3.63) is 64.7 Å². The number of halogens is 5. The molecule has 8 heteroatoms. The molecule has 24 heavy (non-hydrogen) atoms. The molecule has 132 valence electrons. The average Bonchev–Trinajstić information content (AvgIpc) is 2.48. The van der Waals surface area contributed by atoms with E-state index in [4.69, 9.17) is 17.3 Å². The van der Waals surface area contributed by atoms with Crippen LogP contribution in [0.1, 0.15) is 17.2 Å². The van der Waals surface area contributed by atoms with Crippen LogP contribution < -0.4 is 10.5 Å². The lowest BCUT2D eigenvalue weighted by Crippen LogP contribution is -2.28. The molecule has 2 rings (SSSR count). The summed E-state index contributed by atoms with van der Waals surface area (Å²) in [5, 5.41) is 9.97. The SMILES string of the molecule is Cl.N[C@H](c1ccc(OC(F)(F)F)c(Cl)c1)[C@@H](O)Cc1ccccc1. The summed E-state index contributed by atoms with van der Waals surface area (Å²) in [6.45, 7) is 0. The fourth-order valence-corrected chi connectivity index (χ4v) is 2.36. The second-order valence-corrected chi connectivity index (χ2v) is 5.43. The van der Waals surface area contributed by atoms with Crippen LogP contribution in [0.2, 0.25) is 5.02 Å². The van der Waals surface area contributed by atoms with Crippen LogP contribution in [0.15, 0.2) is 48.5 Å². The van der Waals surface area contributed by atoms with Crippen molar-refractivity contribution in [1.82, 2.24) is 0 Å². The van der Waals surface area contributed by atoms with E-state index in [0.717, 1.165) is 11.6 Å². The maximum absolute atomic E-state index is 12.2. The van der Waals surface area contributed by atoms with Crippen LogP contribution in [-0.4, -0.2) is 17.6 Å². The predicted octanol–water partition coefficient (Wildman–Crippen LogP) is 4.26. The van der Waals surface area contributed by atoms with Crippen LogP contribution in [0.3, 0.4) is 0 Å². The molecule has 0 fully saturated rings. The molecule has 0 aliphatic carbocycles. The number of aliphatic hydroxyl groups excluding tert-OH is 1. The average molecular weight is 382 g/mol. The molecule has 0 aromatic heterocycles. The van der Waals surface area contributed by atoms with Gasteiger partial charge in [-0.3, -0.25) is 0 Å². The molecule has 2 atom stereocenters. The van der Waals surface area contributed by atoms with E-state index in [1.807, 2.05) is 30.3 Å². The zero-order valence-corrected chi connectivity index (χ0v) is 13.9. The third-order valence-corrected chi connectivity index (χ3v) is 3.56. The minimum absolute atomic E-state index is 0. The molecule has 0 saturated carbocycles. The van der Waals surface area contributed by atoms with Crippen molar-refractivity contribution >= 4 is 24.0 Å². The molecular formula is C16H16Cl2F3NO2. The van der Waals surface area contributed by atoms with E-state index in [-0.39, 0.29) is 17.4 Å². The summed E-state index contributed by atoms with van der Waals surface area (Å²) in [4.78, 5) is 0. The molecule has 0 heterocycles. The van der Waals surface area contributed by atoms with E-state index in [2.05, 4.69) is 4.74 Å². The van der Waals surface area contributed by atoms with E-state index in [1.54, 1.807) is 0 Å². The molecule has 0 saturated heterocycles. The van der Waals surface area contributed by atoms with Crippen molar-refractivity contribution in [2.24, 2.45) is 5.73 Å². The lowest BCUT2D eigenvalue weighted by molar-refractivity contribution is -0.274. The number of rotatable bonds is 5. The van der Waals surface area contributed by atoms with E-state index in [1.165, 1.54) is 12.1 Å². The zero-order valence-electron chi connectivity index (χ0n) is 12.3. The van der Waals surface area contributed by atoms with Crippen LogP contribution in [0, 0.1) is 0 Å². The van der Waals surface area contributed by atoms with Crippen molar-refractivity contribution < 1.29 is 23.0 Å². The molecular weight excluding hydrogens is 366 g/mol. The summed E-state index contributed by atoms with van der Waals surface area (Å²) in [5.41, 5.74) is 7.29. The number of hydrogen-bond acceptors (Lipinski definition) is 3. The van der Waals surface area contributed by atoms with Gasteiger partial charge in [-0.2, -0.15) is 0 Å². The van der Waals surface area contributed by atoms with Gasteiger partial charge >= 0.3 is 6.36 Å². The Bertz CT molecular complexity index is 654. The van der Waals surface area contributed by atoms with E-state index >= 15 is 0 Å². The van der Waals surface area contributed by atoms with Gasteiger partial charge in [-0.1, -0.05) is 48.0 Å². The van der Waals surface area contributed by atoms with Gasteiger partial charge < -0.3 is 15.6 Å². The fourth-order valence-electron chi connectivity index (χ4n) is 2.14. The van der Waals surface area contributed by atoms with Gasteiger partial charge in [0.2, 0.25) is 0 Å². The Labute approximate surface area is 148 Å². The Morgan fingerprint density at radius 1 is 1.12 bits per heavy atom. The van der Waals surface area contributed by atoms with Gasteiger partial charge in [0.1, 0.15) is 5.75 Å². The molecule has 0 radical (unpaired) electrons. The topological polar surface area (TPSA) is 55.5 Å². The van der Waals surface area contributed by atoms with Gasteiger partial charge in [0, 0.05) is 6.42 Å². The highest BCUT2D eigenvalue weighted by molar-refractivity contribution is 6.32. The summed E-state index contributed by atoms with van der Waals surface area (Å²) in [5.74, 6) is -0.507. The molecule has 2 aromatic rings. The smallest absolute Gasteiger partial charge is 0.404 e.